The maximum atomic E-state index is 12.6. The Morgan fingerprint density at radius 3 is 2.48 bits per heavy atom. The third-order valence-corrected chi connectivity index (χ3v) is 4.49. The van der Waals surface area contributed by atoms with Crippen LogP contribution >= 0.6 is 0 Å². The van der Waals surface area contributed by atoms with Crippen molar-refractivity contribution in [2.45, 2.75) is 57.1 Å². The van der Waals surface area contributed by atoms with Gasteiger partial charge in [-0.25, -0.2) is 4.79 Å². The van der Waals surface area contributed by atoms with E-state index in [1.165, 1.54) is 19.3 Å². The fourth-order valence-electron chi connectivity index (χ4n) is 3.14. The molecule has 0 aromatic heterocycles. The molecule has 1 N–H and O–H groups in total. The molecule has 5 nitrogen and oxygen atoms in total. The Morgan fingerprint density at radius 2 is 1.86 bits per heavy atom. The van der Waals surface area contributed by atoms with E-state index >= 15 is 0 Å². The van der Waals surface area contributed by atoms with Crippen LogP contribution in [0.15, 0.2) is 0 Å². The zero-order chi connectivity index (χ0) is 15.1. The Hall–Kier alpha value is -0.810. The summed E-state index contributed by atoms with van der Waals surface area (Å²) in [6.45, 7) is 3.24. The summed E-state index contributed by atoms with van der Waals surface area (Å²) >= 11 is 0. The van der Waals surface area contributed by atoms with Crippen LogP contribution in [0.4, 0.5) is 4.79 Å². The molecule has 1 aliphatic heterocycles. The molecule has 2 aliphatic rings. The lowest BCUT2D eigenvalue weighted by molar-refractivity contribution is 0.0787. The van der Waals surface area contributed by atoms with E-state index in [1.54, 1.807) is 0 Å². The highest BCUT2D eigenvalue weighted by molar-refractivity contribution is 5.74. The van der Waals surface area contributed by atoms with Crippen molar-refractivity contribution in [3.05, 3.63) is 0 Å². The number of likely N-dealkylation sites (N-methyl/N-ethyl adjacent to an activating group) is 1. The maximum Gasteiger partial charge on any atom is 0.317 e. The molecule has 2 fully saturated rings. The third-order valence-electron chi connectivity index (χ3n) is 4.49. The number of hydrogen-bond acceptors (Lipinski definition) is 3. The molecule has 1 heterocycles. The molecule has 0 radical (unpaired) electrons. The Kier molecular flexibility index (Phi) is 6.77. The van der Waals surface area contributed by atoms with Gasteiger partial charge in [0, 0.05) is 32.3 Å². The van der Waals surface area contributed by atoms with Crippen LogP contribution in [0.5, 0.6) is 0 Å². The summed E-state index contributed by atoms with van der Waals surface area (Å²) in [6, 6.07) is 0.469. The van der Waals surface area contributed by atoms with Crippen LogP contribution in [0.25, 0.3) is 0 Å². The summed E-state index contributed by atoms with van der Waals surface area (Å²) in [5.41, 5.74) is 0. The van der Waals surface area contributed by atoms with Crippen molar-refractivity contribution in [2.24, 2.45) is 0 Å². The largest absolute Gasteiger partial charge is 0.376 e. The third kappa shape index (κ3) is 5.83. The number of carbonyl (C=O) groups is 1. The zero-order valence-corrected chi connectivity index (χ0v) is 13.6. The van der Waals surface area contributed by atoms with Crippen molar-refractivity contribution in [1.29, 1.82) is 0 Å². The number of nitrogens with one attached hydrogen (secondary N) is 1. The molecule has 2 amide bonds. The minimum Gasteiger partial charge on any atom is -0.376 e. The molecule has 0 aromatic carbocycles. The highest BCUT2D eigenvalue weighted by atomic mass is 16.5. The molecule has 0 aromatic rings. The molecule has 21 heavy (non-hydrogen) atoms. The number of ether oxygens (including phenoxy) is 1. The van der Waals surface area contributed by atoms with Gasteiger partial charge in [0.05, 0.1) is 6.10 Å². The number of urea groups is 1. The summed E-state index contributed by atoms with van der Waals surface area (Å²) in [5, 5.41) is 3.23. The highest BCUT2D eigenvalue weighted by Gasteiger charge is 2.24. The molecule has 2 rings (SSSR count). The number of hydrogen-bond donors (Lipinski definition) is 1. The van der Waals surface area contributed by atoms with E-state index < -0.39 is 0 Å². The predicted octanol–water partition coefficient (Wildman–Crippen LogP) is 2.07. The van der Waals surface area contributed by atoms with Gasteiger partial charge in [-0.15, -0.1) is 0 Å². The second-order valence-corrected chi connectivity index (χ2v) is 6.67. The summed E-state index contributed by atoms with van der Waals surface area (Å²) < 4.78 is 5.70. The number of rotatable bonds is 6. The van der Waals surface area contributed by atoms with Crippen LogP contribution in [0.3, 0.4) is 0 Å². The highest BCUT2D eigenvalue weighted by Crippen LogP contribution is 2.18. The quantitative estimate of drug-likeness (QED) is 0.816. The zero-order valence-electron chi connectivity index (χ0n) is 13.6. The SMILES string of the molecule is CN(C)CCN(C[C@H]1CCCO1)C(=O)NC1CCCCC1. The van der Waals surface area contributed by atoms with Gasteiger partial charge in [0.15, 0.2) is 0 Å². The van der Waals surface area contributed by atoms with Gasteiger partial charge >= 0.3 is 6.03 Å². The number of amides is 2. The lowest BCUT2D eigenvalue weighted by Crippen LogP contribution is -2.49. The van der Waals surface area contributed by atoms with Crippen molar-refractivity contribution in [2.75, 3.05) is 40.3 Å². The molecular weight excluding hydrogens is 266 g/mol. The van der Waals surface area contributed by atoms with Crippen LogP contribution in [0.2, 0.25) is 0 Å². The molecule has 1 aliphatic carbocycles. The first-order valence-corrected chi connectivity index (χ1v) is 8.47. The first-order chi connectivity index (χ1) is 10.1. The van der Waals surface area contributed by atoms with E-state index in [9.17, 15) is 4.79 Å². The van der Waals surface area contributed by atoms with Gasteiger partial charge in [-0.2, -0.15) is 0 Å². The second-order valence-electron chi connectivity index (χ2n) is 6.67. The van der Waals surface area contributed by atoms with Gasteiger partial charge in [-0.1, -0.05) is 19.3 Å². The summed E-state index contributed by atoms with van der Waals surface area (Å²) in [6.07, 6.45) is 8.49. The molecular formula is C16H31N3O2. The first kappa shape index (κ1) is 16.6. The molecule has 1 saturated heterocycles. The van der Waals surface area contributed by atoms with Crippen molar-refractivity contribution in [3.63, 3.8) is 0 Å². The average molecular weight is 297 g/mol. The fraction of sp³-hybridized carbons (Fsp3) is 0.938. The van der Waals surface area contributed by atoms with Crippen LogP contribution in [0, 0.1) is 0 Å². The second kappa shape index (κ2) is 8.59. The molecule has 5 heteroatoms. The fourth-order valence-corrected chi connectivity index (χ4v) is 3.14. The van der Waals surface area contributed by atoms with Gasteiger partial charge in [0.1, 0.15) is 0 Å². The average Bonchev–Trinajstić information content (AvgIpc) is 2.97. The van der Waals surface area contributed by atoms with Crippen LogP contribution in [-0.2, 0) is 4.74 Å². The smallest absolute Gasteiger partial charge is 0.317 e. The molecule has 0 unspecified atom stereocenters. The number of nitrogens with zero attached hydrogens (tertiary/aromatic N) is 2. The number of carbonyl (C=O) groups excluding carboxylic acids is 1. The summed E-state index contributed by atoms with van der Waals surface area (Å²) in [7, 11) is 4.09. The van der Waals surface area contributed by atoms with E-state index in [-0.39, 0.29) is 12.1 Å². The van der Waals surface area contributed by atoms with Crippen molar-refractivity contribution >= 4 is 6.03 Å². The van der Waals surface area contributed by atoms with Gasteiger partial charge in [0.2, 0.25) is 0 Å². The minimum absolute atomic E-state index is 0.0965. The van der Waals surface area contributed by atoms with Crippen molar-refractivity contribution in [1.82, 2.24) is 15.1 Å². The molecule has 1 saturated carbocycles. The molecule has 0 spiro atoms. The standard InChI is InChI=1S/C16H31N3O2/c1-18(2)10-11-19(13-15-9-6-12-21-15)16(20)17-14-7-4-3-5-8-14/h14-15H,3-13H2,1-2H3,(H,17,20)/t15-/m1/s1. The van der Waals surface area contributed by atoms with Crippen LogP contribution in [0.1, 0.15) is 44.9 Å². The van der Waals surface area contributed by atoms with E-state index in [2.05, 4.69) is 10.2 Å². The minimum atomic E-state index is 0.0965. The lowest BCUT2D eigenvalue weighted by atomic mass is 9.96. The van der Waals surface area contributed by atoms with Gasteiger partial charge < -0.3 is 19.9 Å². The molecule has 0 bridgehead atoms. The predicted molar refractivity (Wildman–Crippen MR) is 84.5 cm³/mol. The van der Waals surface area contributed by atoms with E-state index in [4.69, 9.17) is 4.74 Å². The normalized spacial score (nSPS) is 23.5. The Morgan fingerprint density at radius 1 is 1.10 bits per heavy atom. The Labute approximate surface area is 129 Å². The molecule has 1 atom stereocenters. The van der Waals surface area contributed by atoms with Gasteiger partial charge in [0.25, 0.3) is 0 Å². The maximum absolute atomic E-state index is 12.6. The van der Waals surface area contributed by atoms with Crippen molar-refractivity contribution < 1.29 is 9.53 Å². The lowest BCUT2D eigenvalue weighted by Gasteiger charge is -2.30. The van der Waals surface area contributed by atoms with Crippen LogP contribution in [-0.4, -0.2) is 68.3 Å². The monoisotopic (exact) mass is 297 g/mol. The van der Waals surface area contributed by atoms with Crippen molar-refractivity contribution in [3.8, 4) is 0 Å². The topological polar surface area (TPSA) is 44.8 Å². The van der Waals surface area contributed by atoms with E-state index in [0.29, 0.717) is 6.04 Å². The summed E-state index contributed by atoms with van der Waals surface area (Å²) in [5.74, 6) is 0. The van der Waals surface area contributed by atoms with Crippen LogP contribution < -0.4 is 5.32 Å². The van der Waals surface area contributed by atoms with Gasteiger partial charge in [-0.05, 0) is 39.8 Å². The Balaban J connectivity index is 1.83. The first-order valence-electron chi connectivity index (χ1n) is 8.47. The molecule has 122 valence electrons. The Bertz CT molecular complexity index is 311. The van der Waals surface area contributed by atoms with E-state index in [0.717, 1.165) is 51.9 Å². The summed E-state index contributed by atoms with van der Waals surface area (Å²) in [4.78, 5) is 16.6. The van der Waals surface area contributed by atoms with Gasteiger partial charge in [-0.3, -0.25) is 0 Å². The van der Waals surface area contributed by atoms with E-state index in [1.807, 2.05) is 19.0 Å².